The van der Waals surface area contributed by atoms with E-state index in [0.29, 0.717) is 5.95 Å². The minimum absolute atomic E-state index is 0.597. The van der Waals surface area contributed by atoms with Crippen molar-refractivity contribution in [2.75, 3.05) is 17.7 Å². The highest BCUT2D eigenvalue weighted by molar-refractivity contribution is 9.10. The summed E-state index contributed by atoms with van der Waals surface area (Å²) in [6.07, 6.45) is 1.71. The summed E-state index contributed by atoms with van der Waals surface area (Å²) >= 11 is 3.42. The van der Waals surface area contributed by atoms with Crippen LogP contribution in [0.2, 0.25) is 0 Å². The third kappa shape index (κ3) is 2.70. The molecular formula is C11H11BrN4. The molecule has 16 heavy (non-hydrogen) atoms. The van der Waals surface area contributed by atoms with Gasteiger partial charge < -0.3 is 10.6 Å². The molecule has 4 nitrogen and oxygen atoms in total. The molecule has 1 heterocycles. The third-order valence-corrected chi connectivity index (χ3v) is 2.47. The fraction of sp³-hybridized carbons (Fsp3) is 0.0909. The Hall–Kier alpha value is -1.62. The van der Waals surface area contributed by atoms with Gasteiger partial charge in [0.15, 0.2) is 0 Å². The Morgan fingerprint density at radius 3 is 2.88 bits per heavy atom. The third-order valence-electron chi connectivity index (χ3n) is 1.98. The van der Waals surface area contributed by atoms with Crippen LogP contribution in [-0.2, 0) is 0 Å². The highest BCUT2D eigenvalue weighted by atomic mass is 79.9. The molecule has 0 aliphatic heterocycles. The smallest absolute Gasteiger partial charge is 0.224 e. The van der Waals surface area contributed by atoms with E-state index in [1.54, 1.807) is 13.2 Å². The van der Waals surface area contributed by atoms with E-state index < -0.39 is 0 Å². The highest BCUT2D eigenvalue weighted by Crippen LogP contribution is 2.19. The van der Waals surface area contributed by atoms with Crippen molar-refractivity contribution >= 4 is 33.4 Å². The first-order valence-corrected chi connectivity index (χ1v) is 5.60. The zero-order valence-corrected chi connectivity index (χ0v) is 10.3. The molecule has 82 valence electrons. The largest absolute Gasteiger partial charge is 0.357 e. The average molecular weight is 279 g/mol. The molecule has 0 aliphatic carbocycles. The number of anilines is 3. The van der Waals surface area contributed by atoms with Crippen LogP contribution in [0.25, 0.3) is 0 Å². The van der Waals surface area contributed by atoms with Crippen molar-refractivity contribution in [1.29, 1.82) is 0 Å². The van der Waals surface area contributed by atoms with Crippen molar-refractivity contribution in [2.24, 2.45) is 0 Å². The summed E-state index contributed by atoms with van der Waals surface area (Å²) in [6.45, 7) is 0. The van der Waals surface area contributed by atoms with Crippen LogP contribution in [0.3, 0.4) is 0 Å². The summed E-state index contributed by atoms with van der Waals surface area (Å²) in [4.78, 5) is 8.31. The molecule has 0 saturated carbocycles. The summed E-state index contributed by atoms with van der Waals surface area (Å²) in [7, 11) is 1.79. The van der Waals surface area contributed by atoms with E-state index in [9.17, 15) is 0 Å². The second kappa shape index (κ2) is 4.94. The highest BCUT2D eigenvalue weighted by Gasteiger charge is 1.98. The van der Waals surface area contributed by atoms with Gasteiger partial charge in [0.1, 0.15) is 5.82 Å². The molecule has 1 aromatic carbocycles. The molecule has 0 saturated heterocycles. The Morgan fingerprint density at radius 1 is 1.25 bits per heavy atom. The van der Waals surface area contributed by atoms with Gasteiger partial charge in [-0.1, -0.05) is 22.0 Å². The maximum Gasteiger partial charge on any atom is 0.224 e. The topological polar surface area (TPSA) is 49.8 Å². The zero-order chi connectivity index (χ0) is 11.4. The lowest BCUT2D eigenvalue weighted by molar-refractivity contribution is 1.15. The molecule has 0 bridgehead atoms. The van der Waals surface area contributed by atoms with Gasteiger partial charge in [0, 0.05) is 23.4 Å². The zero-order valence-electron chi connectivity index (χ0n) is 8.74. The lowest BCUT2D eigenvalue weighted by Gasteiger charge is -2.06. The van der Waals surface area contributed by atoms with Gasteiger partial charge in [-0.25, -0.2) is 4.98 Å². The standard InChI is InChI=1S/C11H11BrN4/c1-13-11-14-6-5-10(16-11)15-9-4-2-3-8(12)7-9/h2-7H,1H3,(H2,13,14,15,16). The summed E-state index contributed by atoms with van der Waals surface area (Å²) in [5, 5.41) is 6.09. The van der Waals surface area contributed by atoms with Crippen LogP contribution in [0.1, 0.15) is 0 Å². The molecule has 0 spiro atoms. The van der Waals surface area contributed by atoms with Crippen molar-refractivity contribution in [3.05, 3.63) is 41.0 Å². The number of halogens is 1. The normalized spacial score (nSPS) is 9.88. The number of hydrogen-bond acceptors (Lipinski definition) is 4. The Labute approximate surface area is 102 Å². The molecule has 0 unspecified atom stereocenters. The molecule has 2 aromatic rings. The quantitative estimate of drug-likeness (QED) is 0.906. The van der Waals surface area contributed by atoms with Gasteiger partial charge >= 0.3 is 0 Å². The fourth-order valence-corrected chi connectivity index (χ4v) is 1.66. The van der Waals surface area contributed by atoms with Gasteiger partial charge in [-0.2, -0.15) is 4.98 Å². The lowest BCUT2D eigenvalue weighted by atomic mass is 10.3. The van der Waals surface area contributed by atoms with E-state index in [0.717, 1.165) is 16.0 Å². The molecule has 0 aliphatic rings. The first-order valence-electron chi connectivity index (χ1n) is 4.81. The number of nitrogens with one attached hydrogen (secondary N) is 2. The first-order chi connectivity index (χ1) is 7.78. The van der Waals surface area contributed by atoms with Gasteiger partial charge in [0.25, 0.3) is 0 Å². The van der Waals surface area contributed by atoms with E-state index in [4.69, 9.17) is 0 Å². The van der Waals surface area contributed by atoms with Crippen molar-refractivity contribution in [3.8, 4) is 0 Å². The fourth-order valence-electron chi connectivity index (χ4n) is 1.26. The summed E-state index contributed by atoms with van der Waals surface area (Å²) < 4.78 is 1.03. The van der Waals surface area contributed by atoms with Gasteiger partial charge in [-0.15, -0.1) is 0 Å². The predicted octanol–water partition coefficient (Wildman–Crippen LogP) is 3.02. The van der Waals surface area contributed by atoms with Crippen molar-refractivity contribution in [3.63, 3.8) is 0 Å². The molecule has 1 aromatic heterocycles. The van der Waals surface area contributed by atoms with Gasteiger partial charge in [0.05, 0.1) is 0 Å². The Bertz CT molecular complexity index is 487. The molecule has 0 fully saturated rings. The number of aromatic nitrogens is 2. The molecule has 0 amide bonds. The second-order valence-electron chi connectivity index (χ2n) is 3.15. The van der Waals surface area contributed by atoms with Gasteiger partial charge in [-0.3, -0.25) is 0 Å². The minimum Gasteiger partial charge on any atom is -0.357 e. The number of hydrogen-bond donors (Lipinski definition) is 2. The van der Waals surface area contributed by atoms with Gasteiger partial charge in [-0.05, 0) is 24.3 Å². The predicted molar refractivity (Wildman–Crippen MR) is 69.0 cm³/mol. The average Bonchev–Trinajstić information content (AvgIpc) is 2.29. The molecule has 2 N–H and O–H groups in total. The van der Waals surface area contributed by atoms with E-state index in [1.165, 1.54) is 0 Å². The van der Waals surface area contributed by atoms with Crippen LogP contribution in [-0.4, -0.2) is 17.0 Å². The minimum atomic E-state index is 0.597. The van der Waals surface area contributed by atoms with Crippen LogP contribution in [0.5, 0.6) is 0 Å². The van der Waals surface area contributed by atoms with Crippen LogP contribution in [0.4, 0.5) is 17.5 Å². The second-order valence-corrected chi connectivity index (χ2v) is 4.07. The van der Waals surface area contributed by atoms with E-state index in [2.05, 4.69) is 36.5 Å². The van der Waals surface area contributed by atoms with E-state index >= 15 is 0 Å². The van der Waals surface area contributed by atoms with Crippen molar-refractivity contribution < 1.29 is 0 Å². The molecular weight excluding hydrogens is 268 g/mol. The lowest BCUT2D eigenvalue weighted by Crippen LogP contribution is -1.99. The molecule has 5 heteroatoms. The Morgan fingerprint density at radius 2 is 2.12 bits per heavy atom. The number of benzene rings is 1. The maximum atomic E-state index is 4.27. The van der Waals surface area contributed by atoms with Crippen LogP contribution >= 0.6 is 15.9 Å². The molecule has 0 radical (unpaired) electrons. The van der Waals surface area contributed by atoms with Crippen LogP contribution in [0.15, 0.2) is 41.0 Å². The number of rotatable bonds is 3. The first kappa shape index (κ1) is 10.9. The Kier molecular flexibility index (Phi) is 3.36. The van der Waals surface area contributed by atoms with E-state index in [-0.39, 0.29) is 0 Å². The summed E-state index contributed by atoms with van der Waals surface area (Å²) in [5.41, 5.74) is 0.982. The monoisotopic (exact) mass is 278 g/mol. The molecule has 2 rings (SSSR count). The van der Waals surface area contributed by atoms with Crippen molar-refractivity contribution in [2.45, 2.75) is 0 Å². The summed E-state index contributed by atoms with van der Waals surface area (Å²) in [6, 6.07) is 9.73. The molecule has 0 atom stereocenters. The van der Waals surface area contributed by atoms with Gasteiger partial charge in [0.2, 0.25) is 5.95 Å². The SMILES string of the molecule is CNc1nccc(Nc2cccc(Br)c2)n1. The Balaban J connectivity index is 2.20. The maximum absolute atomic E-state index is 4.27. The van der Waals surface area contributed by atoms with Crippen LogP contribution in [0, 0.1) is 0 Å². The van der Waals surface area contributed by atoms with Crippen molar-refractivity contribution in [1.82, 2.24) is 9.97 Å². The number of nitrogens with zero attached hydrogens (tertiary/aromatic N) is 2. The van der Waals surface area contributed by atoms with E-state index in [1.807, 2.05) is 30.3 Å². The summed E-state index contributed by atoms with van der Waals surface area (Å²) in [5.74, 6) is 1.36. The van der Waals surface area contributed by atoms with Crippen LogP contribution < -0.4 is 10.6 Å².